The van der Waals surface area contributed by atoms with Crippen LogP contribution in [0.3, 0.4) is 0 Å². The van der Waals surface area contributed by atoms with Gasteiger partial charge in [-0.1, -0.05) is 29.5 Å². The van der Waals surface area contributed by atoms with E-state index in [1.165, 1.54) is 23.0 Å². The lowest BCUT2D eigenvalue weighted by molar-refractivity contribution is -0.110. The van der Waals surface area contributed by atoms with E-state index < -0.39 is 12.0 Å². The fourth-order valence-electron chi connectivity index (χ4n) is 4.26. The van der Waals surface area contributed by atoms with E-state index >= 15 is 0 Å². The summed E-state index contributed by atoms with van der Waals surface area (Å²) in [5.74, 6) is -1.10. The highest BCUT2D eigenvalue weighted by Gasteiger charge is 2.28. The zero-order chi connectivity index (χ0) is 25.2. The van der Waals surface area contributed by atoms with Gasteiger partial charge in [0.1, 0.15) is 5.82 Å². The number of hydrogen-bond acceptors (Lipinski definition) is 5. The third kappa shape index (κ3) is 4.66. The maximum atomic E-state index is 13.9. The Hall–Kier alpha value is -4.57. The number of carbonyl (C=O) groups excluding carboxylic acids is 2. The first-order valence-electron chi connectivity index (χ1n) is 11.3. The van der Waals surface area contributed by atoms with Gasteiger partial charge in [0.2, 0.25) is 0 Å². The topological polar surface area (TPSA) is 125 Å². The van der Waals surface area contributed by atoms with Gasteiger partial charge in [-0.05, 0) is 48.4 Å². The number of nitrogens with one attached hydrogen (secondary N) is 3. The monoisotopic (exact) mass is 486 g/mol. The molecule has 4 aromatic rings. The minimum Gasteiger partial charge on any atom is -0.389 e. The summed E-state index contributed by atoms with van der Waals surface area (Å²) >= 11 is 0. The number of hydrogen-bond donors (Lipinski definition) is 4. The number of anilines is 1. The number of aliphatic hydroxyl groups excluding tert-OH is 1. The minimum atomic E-state index is -0.862. The second kappa shape index (κ2) is 9.59. The Morgan fingerprint density at radius 2 is 2.08 bits per heavy atom. The molecule has 2 amide bonds. The predicted octanol–water partition coefficient (Wildman–Crippen LogP) is 3.00. The number of aliphatic hydroxyl groups is 1. The van der Waals surface area contributed by atoms with Crippen LogP contribution in [0.5, 0.6) is 0 Å². The summed E-state index contributed by atoms with van der Waals surface area (Å²) in [5.41, 5.74) is 4.44. The molecule has 0 fully saturated rings. The highest BCUT2D eigenvalue weighted by Crippen LogP contribution is 2.40. The number of fused-ring (bicyclic) bond motifs is 1. The Morgan fingerprint density at radius 1 is 1.25 bits per heavy atom. The molecule has 182 valence electrons. The molecule has 0 aliphatic carbocycles. The number of H-pyrrole nitrogens is 1. The van der Waals surface area contributed by atoms with Gasteiger partial charge in [0.15, 0.2) is 0 Å². The molecule has 1 aliphatic rings. The standard InChI is InChI=1S/C26H23FN6O3/c1-15-10-20(25(35)28-13-18(34)14-33-9-8-29-32-33)23(30-15)12-21-24-19(16-4-2-5-17(27)11-16)6-3-7-22(24)31-26(21)36/h2-12,18,30,34H,13-14H2,1H3,(H,28,35)(H,31,36). The summed E-state index contributed by atoms with van der Waals surface area (Å²) in [6.07, 6.45) is 3.88. The normalized spacial score (nSPS) is 14.5. The van der Waals surface area contributed by atoms with Gasteiger partial charge in [0.05, 0.1) is 35.7 Å². The quantitative estimate of drug-likeness (QED) is 0.299. The van der Waals surface area contributed by atoms with E-state index in [1.807, 2.05) is 6.07 Å². The number of amides is 2. The maximum Gasteiger partial charge on any atom is 0.256 e. The number of rotatable bonds is 7. The fraction of sp³-hybridized carbons (Fsp3) is 0.154. The molecule has 2 aromatic heterocycles. The highest BCUT2D eigenvalue weighted by molar-refractivity contribution is 6.36. The number of aromatic nitrogens is 4. The average Bonchev–Trinajstić information content (AvgIpc) is 3.57. The molecule has 36 heavy (non-hydrogen) atoms. The van der Waals surface area contributed by atoms with Crippen molar-refractivity contribution < 1.29 is 19.1 Å². The van der Waals surface area contributed by atoms with Crippen molar-refractivity contribution in [2.45, 2.75) is 19.6 Å². The van der Waals surface area contributed by atoms with Gasteiger partial charge in [-0.15, -0.1) is 5.10 Å². The van der Waals surface area contributed by atoms with E-state index in [-0.39, 0.29) is 24.8 Å². The fourth-order valence-corrected chi connectivity index (χ4v) is 4.26. The molecular formula is C26H23FN6O3. The molecule has 9 nitrogen and oxygen atoms in total. The molecule has 0 spiro atoms. The molecule has 1 unspecified atom stereocenters. The molecule has 5 rings (SSSR count). The van der Waals surface area contributed by atoms with E-state index in [4.69, 9.17) is 0 Å². The van der Waals surface area contributed by atoms with E-state index in [9.17, 15) is 19.1 Å². The van der Waals surface area contributed by atoms with Gasteiger partial charge in [0.25, 0.3) is 11.8 Å². The molecule has 1 atom stereocenters. The van der Waals surface area contributed by atoms with Crippen LogP contribution in [0.2, 0.25) is 0 Å². The van der Waals surface area contributed by atoms with Crippen LogP contribution in [0, 0.1) is 12.7 Å². The Kier molecular flexibility index (Phi) is 6.17. The number of benzene rings is 2. The first kappa shape index (κ1) is 23.2. The Balaban J connectivity index is 1.44. The molecule has 0 bridgehead atoms. The summed E-state index contributed by atoms with van der Waals surface area (Å²) in [5, 5.41) is 23.3. The summed E-state index contributed by atoms with van der Waals surface area (Å²) < 4.78 is 15.4. The van der Waals surface area contributed by atoms with Gasteiger partial charge < -0.3 is 20.7 Å². The zero-order valence-corrected chi connectivity index (χ0v) is 19.3. The van der Waals surface area contributed by atoms with E-state index in [1.54, 1.807) is 49.5 Å². The van der Waals surface area contributed by atoms with Crippen molar-refractivity contribution in [1.29, 1.82) is 0 Å². The predicted molar refractivity (Wildman–Crippen MR) is 132 cm³/mol. The van der Waals surface area contributed by atoms with Crippen molar-refractivity contribution in [2.24, 2.45) is 0 Å². The number of aryl methyl sites for hydroxylation is 1. The lowest BCUT2D eigenvalue weighted by Crippen LogP contribution is -2.34. The SMILES string of the molecule is Cc1cc(C(=O)NCC(O)Cn2ccnn2)c(C=C2C(=O)Nc3cccc(-c4cccc(F)c4)c32)[nH]1. The molecule has 0 saturated carbocycles. The Morgan fingerprint density at radius 3 is 2.86 bits per heavy atom. The minimum absolute atomic E-state index is 0.00592. The van der Waals surface area contributed by atoms with Crippen LogP contribution in [-0.2, 0) is 11.3 Å². The van der Waals surface area contributed by atoms with Crippen molar-refractivity contribution >= 4 is 29.2 Å². The van der Waals surface area contributed by atoms with Gasteiger partial charge in [-0.25, -0.2) is 9.07 Å². The molecular weight excluding hydrogens is 463 g/mol. The van der Waals surface area contributed by atoms with Gasteiger partial charge in [-0.3, -0.25) is 9.59 Å². The summed E-state index contributed by atoms with van der Waals surface area (Å²) in [6, 6.07) is 13.3. The first-order valence-corrected chi connectivity index (χ1v) is 11.3. The molecule has 1 aliphatic heterocycles. The molecule has 3 heterocycles. The van der Waals surface area contributed by atoms with E-state index in [0.717, 1.165) is 5.69 Å². The van der Waals surface area contributed by atoms with Crippen LogP contribution in [0.1, 0.15) is 27.3 Å². The highest BCUT2D eigenvalue weighted by atomic mass is 19.1. The summed E-state index contributed by atoms with van der Waals surface area (Å²) in [7, 11) is 0. The lowest BCUT2D eigenvalue weighted by atomic mass is 9.94. The van der Waals surface area contributed by atoms with Crippen LogP contribution in [0.4, 0.5) is 10.1 Å². The first-order chi connectivity index (χ1) is 17.4. The van der Waals surface area contributed by atoms with Crippen molar-refractivity contribution in [2.75, 3.05) is 11.9 Å². The van der Waals surface area contributed by atoms with Crippen molar-refractivity contribution in [3.63, 3.8) is 0 Å². The summed E-state index contributed by atoms with van der Waals surface area (Å²) in [6.45, 7) is 1.99. The van der Waals surface area contributed by atoms with Crippen LogP contribution in [0.15, 0.2) is 60.9 Å². The number of aromatic amines is 1. The third-order valence-electron chi connectivity index (χ3n) is 5.85. The number of nitrogens with zero attached hydrogens (tertiary/aromatic N) is 3. The molecule has 4 N–H and O–H groups in total. The Bertz CT molecular complexity index is 1470. The zero-order valence-electron chi connectivity index (χ0n) is 19.3. The van der Waals surface area contributed by atoms with Crippen LogP contribution >= 0.6 is 0 Å². The van der Waals surface area contributed by atoms with E-state index in [0.29, 0.717) is 39.2 Å². The molecule has 10 heteroatoms. The van der Waals surface area contributed by atoms with Gasteiger partial charge in [-0.2, -0.15) is 0 Å². The second-order valence-corrected chi connectivity index (χ2v) is 8.52. The maximum absolute atomic E-state index is 13.9. The lowest BCUT2D eigenvalue weighted by Gasteiger charge is -2.12. The van der Waals surface area contributed by atoms with Crippen LogP contribution < -0.4 is 10.6 Å². The van der Waals surface area contributed by atoms with Gasteiger partial charge >= 0.3 is 0 Å². The average molecular weight is 487 g/mol. The van der Waals surface area contributed by atoms with Crippen LogP contribution in [-0.4, -0.2) is 49.5 Å². The van der Waals surface area contributed by atoms with Crippen molar-refractivity contribution in [3.8, 4) is 11.1 Å². The number of halogens is 1. The summed E-state index contributed by atoms with van der Waals surface area (Å²) in [4.78, 5) is 29.0. The van der Waals surface area contributed by atoms with Gasteiger partial charge in [0, 0.05) is 29.7 Å². The number of carbonyl (C=O) groups is 2. The largest absolute Gasteiger partial charge is 0.389 e. The second-order valence-electron chi connectivity index (χ2n) is 8.52. The molecule has 0 radical (unpaired) electrons. The molecule has 0 saturated heterocycles. The van der Waals surface area contributed by atoms with E-state index in [2.05, 4.69) is 25.9 Å². The Labute approximate surface area is 205 Å². The van der Waals surface area contributed by atoms with Crippen molar-refractivity contribution in [3.05, 3.63) is 89.3 Å². The molecule has 2 aromatic carbocycles. The smallest absolute Gasteiger partial charge is 0.256 e. The van der Waals surface area contributed by atoms with Crippen LogP contribution in [0.25, 0.3) is 22.8 Å². The van der Waals surface area contributed by atoms with Crippen molar-refractivity contribution in [1.82, 2.24) is 25.3 Å². The third-order valence-corrected chi connectivity index (χ3v) is 5.85.